The first-order valence-corrected chi connectivity index (χ1v) is 22.1. The van der Waals surface area contributed by atoms with E-state index >= 15 is 9.59 Å². The predicted molar refractivity (Wildman–Crippen MR) is 248 cm³/mol. The van der Waals surface area contributed by atoms with E-state index in [0.717, 1.165) is 58.9 Å². The van der Waals surface area contributed by atoms with Gasteiger partial charge in [0.05, 0.1) is 24.9 Å². The summed E-state index contributed by atoms with van der Waals surface area (Å²) in [4.78, 5) is 47.9. The monoisotopic (exact) mass is 812 g/mol. The van der Waals surface area contributed by atoms with Gasteiger partial charge in [0, 0.05) is 56.4 Å². The lowest BCUT2D eigenvalue weighted by Crippen LogP contribution is -2.58. The molecule has 7 heteroatoms. The highest BCUT2D eigenvalue weighted by atomic mass is 16.2. The topological polar surface area (TPSA) is 67.6 Å². The highest BCUT2D eigenvalue weighted by molar-refractivity contribution is 6.12. The fourth-order valence-electron chi connectivity index (χ4n) is 11.3. The summed E-state index contributed by atoms with van der Waals surface area (Å²) in [6.45, 7) is 6.19. The van der Waals surface area contributed by atoms with E-state index in [1.54, 1.807) is 0 Å². The third-order valence-corrected chi connectivity index (χ3v) is 14.1. The van der Waals surface area contributed by atoms with Crippen molar-refractivity contribution in [1.82, 2.24) is 18.9 Å². The number of aromatic nitrogens is 2. The van der Waals surface area contributed by atoms with Crippen LogP contribution in [0.3, 0.4) is 0 Å². The summed E-state index contributed by atoms with van der Waals surface area (Å²) in [5.74, 6) is -2.37. The zero-order valence-electron chi connectivity index (χ0n) is 35.1. The number of fused-ring (bicyclic) bond motifs is 4. The lowest BCUT2D eigenvalue weighted by molar-refractivity contribution is -0.154. The third kappa shape index (κ3) is 5.89. The number of carbonyl (C=O) groups is 3. The lowest BCUT2D eigenvalue weighted by atomic mass is 9.48. The maximum atomic E-state index is 15.2. The van der Waals surface area contributed by atoms with Gasteiger partial charge in [-0.3, -0.25) is 19.4 Å². The van der Waals surface area contributed by atoms with E-state index in [0.29, 0.717) is 0 Å². The lowest BCUT2D eigenvalue weighted by Gasteiger charge is -2.54. The molecule has 306 valence electrons. The van der Waals surface area contributed by atoms with Crippen molar-refractivity contribution in [3.8, 4) is 0 Å². The molecule has 4 atom stereocenters. The van der Waals surface area contributed by atoms with Crippen LogP contribution in [0.5, 0.6) is 0 Å². The Labute approximate surface area is 360 Å². The molecule has 1 saturated heterocycles. The number of amides is 4. The Kier molecular flexibility index (Phi) is 9.29. The fourth-order valence-corrected chi connectivity index (χ4v) is 11.3. The first-order valence-electron chi connectivity index (χ1n) is 22.1. The Bertz CT molecular complexity index is 3040. The fraction of sp³-hybridized carbons (Fsp3) is 0.218. The minimum absolute atomic E-state index is 0.0995. The van der Waals surface area contributed by atoms with Crippen LogP contribution in [0, 0.1) is 23.7 Å². The first kappa shape index (κ1) is 38.0. The maximum Gasteiger partial charge on any atom is 0.334 e. The van der Waals surface area contributed by atoms with E-state index in [4.69, 9.17) is 0 Å². The number of urea groups is 1. The summed E-state index contributed by atoms with van der Waals surface area (Å²) < 4.78 is 4.75. The van der Waals surface area contributed by atoms with Crippen LogP contribution >= 0.6 is 0 Å². The zero-order valence-corrected chi connectivity index (χ0v) is 35.1. The van der Waals surface area contributed by atoms with Gasteiger partial charge in [0.1, 0.15) is 0 Å². The standard InChI is InChI=1S/C55H48N4O3/c1-3-56-43(41-23-11-19-37-21-13-25-45(56)47(37)41)31-29-39-27-28-40(30-32-44-42-24-12-20-38-22-14-26-46(48(38)42)57(44)4-2)50-49(39)51-52(50)54(61)59(34-36-17-9-6-10-18-36)55(62)58(53(51)60)33-35-15-7-5-8-16-35/h5-26,29-32,49-52H,3-4,27-28,33-34H2,1-2H3/b39-29-,40-30-,43-31-,44-32-. The van der Waals surface area contributed by atoms with Gasteiger partial charge < -0.3 is 9.13 Å². The second kappa shape index (κ2) is 15.2. The average molecular weight is 813 g/mol. The number of hydrogen-bond acceptors (Lipinski definition) is 3. The van der Waals surface area contributed by atoms with E-state index in [-0.39, 0.29) is 36.7 Å². The third-order valence-electron chi connectivity index (χ3n) is 14.1. The average Bonchev–Trinajstić information content (AvgIpc) is 3.77. The number of aryl methyl sites for hydroxylation is 2. The normalized spacial score (nSPS) is 22.5. The summed E-state index contributed by atoms with van der Waals surface area (Å²) in [6.07, 6.45) is 10.5. The minimum Gasteiger partial charge on any atom is -0.341 e. The molecule has 6 aromatic carbocycles. The number of imide groups is 2. The molecule has 2 saturated carbocycles. The first-order chi connectivity index (χ1) is 30.4. The Morgan fingerprint density at radius 2 is 0.871 bits per heavy atom. The second-order valence-corrected chi connectivity index (χ2v) is 17.1. The van der Waals surface area contributed by atoms with Crippen LogP contribution in [-0.2, 0) is 35.8 Å². The molecule has 8 aromatic rings. The second-order valence-electron chi connectivity index (χ2n) is 17.1. The summed E-state index contributed by atoms with van der Waals surface area (Å²) in [5, 5.41) is 9.62. The molecule has 3 heterocycles. The van der Waals surface area contributed by atoms with Gasteiger partial charge in [-0.2, -0.15) is 0 Å². The number of rotatable bonds is 8. The predicted octanol–water partition coefficient (Wildman–Crippen LogP) is 9.96. The van der Waals surface area contributed by atoms with Crippen molar-refractivity contribution in [3.05, 3.63) is 179 Å². The molecular formula is C55H48N4O3. The molecule has 0 spiro atoms. The van der Waals surface area contributed by atoms with Gasteiger partial charge in [-0.1, -0.05) is 145 Å². The van der Waals surface area contributed by atoms with Gasteiger partial charge >= 0.3 is 6.03 Å². The number of benzene rings is 6. The summed E-state index contributed by atoms with van der Waals surface area (Å²) in [6, 6.07) is 44.7. The van der Waals surface area contributed by atoms with Crippen molar-refractivity contribution in [2.24, 2.45) is 23.7 Å². The molecule has 0 radical (unpaired) electrons. The molecule has 1 aliphatic heterocycles. The number of allylic oxidation sites excluding steroid dienone is 4. The van der Waals surface area contributed by atoms with Crippen LogP contribution in [0.4, 0.5) is 4.79 Å². The quantitative estimate of drug-likeness (QED) is 0.154. The van der Waals surface area contributed by atoms with Crippen molar-refractivity contribution in [1.29, 1.82) is 0 Å². The van der Waals surface area contributed by atoms with Crippen molar-refractivity contribution < 1.29 is 14.4 Å². The SMILES string of the molecule is CCn1/c(=C\C=C2\CC/C(=C/C=c3/c4cccc5cccc(c54)n3CC)C3C4C(=O)N(Cc5ccccc5)C(=O)N(Cc5ccccc5)C(=O)C4C23)c2cccc3cccc1c32. The van der Waals surface area contributed by atoms with Crippen LogP contribution in [-0.4, -0.2) is 36.8 Å². The molecule has 2 aliphatic carbocycles. The van der Waals surface area contributed by atoms with Gasteiger partial charge in [-0.25, -0.2) is 4.79 Å². The highest BCUT2D eigenvalue weighted by Crippen LogP contribution is 2.60. The molecule has 7 nitrogen and oxygen atoms in total. The Morgan fingerprint density at radius 1 is 0.468 bits per heavy atom. The number of hydrogen-bond donors (Lipinski definition) is 0. The van der Waals surface area contributed by atoms with Crippen LogP contribution in [0.25, 0.3) is 55.5 Å². The molecule has 11 rings (SSSR count). The summed E-state index contributed by atoms with van der Waals surface area (Å²) >= 11 is 0. The Morgan fingerprint density at radius 3 is 1.27 bits per heavy atom. The van der Waals surface area contributed by atoms with E-state index in [9.17, 15) is 4.79 Å². The van der Waals surface area contributed by atoms with Crippen molar-refractivity contribution in [2.75, 3.05) is 0 Å². The van der Waals surface area contributed by atoms with E-state index in [1.165, 1.54) is 53.2 Å². The largest absolute Gasteiger partial charge is 0.341 e. The molecule has 0 bridgehead atoms. The summed E-state index contributed by atoms with van der Waals surface area (Å²) in [7, 11) is 0. The molecule has 3 aliphatic rings. The van der Waals surface area contributed by atoms with Gasteiger partial charge in [-0.05, 0) is 84.7 Å². The molecule has 4 amide bonds. The van der Waals surface area contributed by atoms with Gasteiger partial charge in [0.2, 0.25) is 11.8 Å². The van der Waals surface area contributed by atoms with E-state index in [2.05, 4.69) is 120 Å². The van der Waals surface area contributed by atoms with Gasteiger partial charge in [-0.15, -0.1) is 0 Å². The molecule has 4 unspecified atom stereocenters. The van der Waals surface area contributed by atoms with Gasteiger partial charge in [0.15, 0.2) is 0 Å². The Balaban J connectivity index is 1.09. The van der Waals surface area contributed by atoms with Crippen LogP contribution in [0.15, 0.2) is 157 Å². The molecule has 3 fully saturated rings. The van der Waals surface area contributed by atoms with E-state index in [1.807, 2.05) is 60.7 Å². The highest BCUT2D eigenvalue weighted by Gasteiger charge is 2.64. The number of nitrogens with zero attached hydrogens (tertiary/aromatic N) is 4. The molecule has 62 heavy (non-hydrogen) atoms. The molecular weight excluding hydrogens is 765 g/mol. The molecule has 0 N–H and O–H groups in total. The minimum atomic E-state index is -0.676. The van der Waals surface area contributed by atoms with Gasteiger partial charge in [0.25, 0.3) is 0 Å². The van der Waals surface area contributed by atoms with Crippen LogP contribution < -0.4 is 10.7 Å². The maximum absolute atomic E-state index is 15.2. The van der Waals surface area contributed by atoms with E-state index < -0.39 is 17.9 Å². The van der Waals surface area contributed by atoms with Crippen LogP contribution in [0.1, 0.15) is 37.8 Å². The van der Waals surface area contributed by atoms with Crippen molar-refractivity contribution in [3.63, 3.8) is 0 Å². The van der Waals surface area contributed by atoms with Crippen molar-refractivity contribution in [2.45, 2.75) is 52.9 Å². The smallest absolute Gasteiger partial charge is 0.334 e. The zero-order chi connectivity index (χ0) is 42.1. The summed E-state index contributed by atoms with van der Waals surface area (Å²) in [5.41, 5.74) is 6.41. The van der Waals surface area contributed by atoms with Crippen molar-refractivity contribution >= 4 is 73.3 Å². The van der Waals surface area contributed by atoms with Crippen LogP contribution in [0.2, 0.25) is 0 Å². The Hall–Kier alpha value is -6.99. The molecule has 2 aromatic heterocycles. The number of carbonyl (C=O) groups excluding carboxylic acids is 3.